The Balaban J connectivity index is -0.0000000600. The predicted molar refractivity (Wildman–Crippen MR) is 55.5 cm³/mol. The van der Waals surface area contributed by atoms with E-state index in [9.17, 15) is 8.42 Å². The Morgan fingerprint density at radius 2 is 1.71 bits per heavy atom. The van der Waals surface area contributed by atoms with E-state index >= 15 is 0 Å². The van der Waals surface area contributed by atoms with E-state index in [1.165, 1.54) is 0 Å². The monoisotopic (exact) mass is 258 g/mol. The number of phenolic OH excluding ortho intramolecular Hbond substituents is 2. The molecule has 1 aromatic carbocycles. The molecule has 0 aliphatic rings. The summed E-state index contributed by atoms with van der Waals surface area (Å²) in [5, 5.41) is 17.7. The topological polar surface area (TPSA) is 94.8 Å². The normalized spacial score (nSPS) is 9.79. The van der Waals surface area contributed by atoms with Gasteiger partial charge in [0.05, 0.1) is 0 Å². The summed E-state index contributed by atoms with van der Waals surface area (Å²) in [5.41, 5.74) is 0. The number of aromatic hydroxyl groups is 2. The Bertz CT molecular complexity index is 418. The van der Waals surface area contributed by atoms with Gasteiger partial charge in [-0.1, -0.05) is 0 Å². The molecule has 0 saturated heterocycles. The summed E-state index contributed by atoms with van der Waals surface area (Å²) in [6, 6.07) is 2.83. The van der Waals surface area contributed by atoms with E-state index in [1.807, 2.05) is 0 Å². The average molecular weight is 259 g/mol. The fourth-order valence-corrected chi connectivity index (χ4v) is 1.31. The first kappa shape index (κ1) is 17.2. The van der Waals surface area contributed by atoms with Crippen LogP contribution >= 0.6 is 0 Å². The molecule has 5 nitrogen and oxygen atoms in total. The number of phenols is 2. The maximum atomic E-state index is 10.5. The smallest absolute Gasteiger partial charge is 1.00 e. The van der Waals surface area contributed by atoms with Crippen molar-refractivity contribution in [2.24, 2.45) is 0 Å². The van der Waals surface area contributed by atoms with Crippen LogP contribution in [0.1, 0.15) is 5.71 Å². The van der Waals surface area contributed by atoms with Gasteiger partial charge in [0.25, 0.3) is 10.1 Å². The van der Waals surface area contributed by atoms with Gasteiger partial charge in [-0.05, 0) is 12.1 Å². The maximum absolute atomic E-state index is 10.5. The van der Waals surface area contributed by atoms with Gasteiger partial charge in [0.2, 0.25) is 0 Å². The third-order valence-electron chi connectivity index (χ3n) is 1.22. The molecule has 1 aromatic rings. The largest absolute Gasteiger partial charge is 2.00 e. The van der Waals surface area contributed by atoms with E-state index in [1.54, 1.807) is 0 Å². The minimum absolute atomic E-state index is 0. The Kier molecular flexibility index (Phi) is 7.80. The van der Waals surface area contributed by atoms with E-state index < -0.39 is 20.8 Å². The van der Waals surface area contributed by atoms with E-state index in [4.69, 9.17) is 14.8 Å². The van der Waals surface area contributed by atoms with Crippen molar-refractivity contribution in [1.82, 2.24) is 0 Å². The van der Waals surface area contributed by atoms with Crippen molar-refractivity contribution < 1.29 is 28.9 Å². The summed E-state index contributed by atoms with van der Waals surface area (Å²) in [6.45, 7) is 0. The molecule has 0 radical (unpaired) electrons. The summed E-state index contributed by atoms with van der Waals surface area (Å²) in [4.78, 5) is -0.706. The van der Waals surface area contributed by atoms with E-state index in [0.717, 1.165) is 18.2 Å². The van der Waals surface area contributed by atoms with Crippen molar-refractivity contribution in [2.75, 3.05) is 0 Å². The molecule has 0 aliphatic heterocycles. The van der Waals surface area contributed by atoms with Gasteiger partial charge in [0.15, 0.2) is 0 Å². The number of hydrogen-bond donors (Lipinski definition) is 3. The van der Waals surface area contributed by atoms with Crippen LogP contribution in [0.15, 0.2) is 23.1 Å². The van der Waals surface area contributed by atoms with Gasteiger partial charge < -0.3 is 15.9 Å². The number of hydrogen-bond acceptors (Lipinski definition) is 4. The Morgan fingerprint density at radius 3 is 2.07 bits per heavy atom. The summed E-state index contributed by atoms with van der Waals surface area (Å²) >= 11 is 0. The van der Waals surface area contributed by atoms with Gasteiger partial charge in [0.1, 0.15) is 16.4 Å². The molecule has 0 aliphatic carbocycles. The molecule has 0 atom stereocenters. The molecule has 0 spiro atoms. The average Bonchev–Trinajstić information content (AvgIpc) is 1.92. The molecule has 0 bridgehead atoms. The first-order chi connectivity index (χ1) is 5.41. The standard InChI is InChI=1S/C6H6O5S.Ca.Mg.4H/c7-4-1-2-5(8)6(3-4)12(9,10)11;;;;;;/h1-3,7-8H,(H,9,10,11);;;;;;/q;2*+2;4*-1. The zero-order valence-corrected chi connectivity index (χ0v) is 11.7. The third-order valence-corrected chi connectivity index (χ3v) is 2.10. The molecule has 74 valence electrons. The molecular weight excluding hydrogens is 249 g/mol. The summed E-state index contributed by atoms with van der Waals surface area (Å²) in [5.74, 6) is -0.948. The van der Waals surface area contributed by atoms with Gasteiger partial charge in [-0.25, -0.2) is 0 Å². The summed E-state index contributed by atoms with van der Waals surface area (Å²) in [7, 11) is -4.47. The van der Waals surface area contributed by atoms with Crippen molar-refractivity contribution in [2.45, 2.75) is 4.90 Å². The van der Waals surface area contributed by atoms with Crippen LogP contribution < -0.4 is 0 Å². The van der Waals surface area contributed by atoms with Crippen LogP contribution in [0.5, 0.6) is 11.5 Å². The molecular formula is C6H10CaMgO5S. The van der Waals surface area contributed by atoms with Gasteiger partial charge >= 0.3 is 60.8 Å². The Hall–Kier alpha value is 0.756. The van der Waals surface area contributed by atoms with Crippen LogP contribution in [0.4, 0.5) is 0 Å². The van der Waals surface area contributed by atoms with Crippen LogP contribution in [0.2, 0.25) is 0 Å². The van der Waals surface area contributed by atoms with Crippen molar-refractivity contribution in [3.8, 4) is 11.5 Å². The molecule has 0 heterocycles. The fraction of sp³-hybridized carbons (Fsp3) is 0. The zero-order chi connectivity index (χ0) is 9.35. The molecule has 0 amide bonds. The minimum atomic E-state index is -4.47. The molecule has 0 saturated carbocycles. The second-order valence-electron chi connectivity index (χ2n) is 2.13. The number of rotatable bonds is 1. The second kappa shape index (κ2) is 6.36. The molecule has 0 aromatic heterocycles. The number of benzene rings is 1. The van der Waals surface area contributed by atoms with E-state index in [-0.39, 0.29) is 72.2 Å². The first-order valence-corrected chi connectivity index (χ1v) is 4.35. The van der Waals surface area contributed by atoms with E-state index in [2.05, 4.69) is 0 Å². The zero-order valence-electron chi connectivity index (χ0n) is 11.2. The summed E-state index contributed by atoms with van der Waals surface area (Å²) in [6.07, 6.45) is 0. The second-order valence-corrected chi connectivity index (χ2v) is 3.52. The quantitative estimate of drug-likeness (QED) is 0.375. The predicted octanol–water partition coefficient (Wildman–Crippen LogP) is 0.0329. The van der Waals surface area contributed by atoms with Crippen molar-refractivity contribution in [1.29, 1.82) is 0 Å². The maximum Gasteiger partial charge on any atom is 2.00 e. The first-order valence-electron chi connectivity index (χ1n) is 2.91. The van der Waals surface area contributed by atoms with Crippen LogP contribution in [0.25, 0.3) is 0 Å². The van der Waals surface area contributed by atoms with Crippen molar-refractivity contribution in [3.63, 3.8) is 0 Å². The van der Waals surface area contributed by atoms with Gasteiger partial charge in [-0.15, -0.1) is 0 Å². The molecule has 0 fully saturated rings. The van der Waals surface area contributed by atoms with Crippen LogP contribution in [0, 0.1) is 0 Å². The van der Waals surface area contributed by atoms with Gasteiger partial charge in [0, 0.05) is 6.07 Å². The van der Waals surface area contributed by atoms with Gasteiger partial charge in [-0.2, -0.15) is 8.42 Å². The van der Waals surface area contributed by atoms with Crippen LogP contribution in [0.3, 0.4) is 0 Å². The third kappa shape index (κ3) is 4.52. The Labute approximate surface area is 133 Å². The summed E-state index contributed by atoms with van der Waals surface area (Å²) < 4.78 is 29.5. The molecule has 1 rings (SSSR count). The molecule has 3 N–H and O–H groups in total. The van der Waals surface area contributed by atoms with Crippen LogP contribution in [-0.2, 0) is 10.1 Å². The molecule has 14 heavy (non-hydrogen) atoms. The van der Waals surface area contributed by atoms with Crippen molar-refractivity contribution in [3.05, 3.63) is 18.2 Å². The molecule has 8 heteroatoms. The minimum Gasteiger partial charge on any atom is -1.00 e. The van der Waals surface area contributed by atoms with Crippen molar-refractivity contribution >= 4 is 70.9 Å². The fourth-order valence-electron chi connectivity index (χ4n) is 0.709. The van der Waals surface area contributed by atoms with E-state index in [0.29, 0.717) is 0 Å². The van der Waals surface area contributed by atoms with Gasteiger partial charge in [-0.3, -0.25) is 4.55 Å². The molecule has 0 unspecified atom stereocenters. The Morgan fingerprint density at radius 1 is 1.21 bits per heavy atom. The SMILES string of the molecule is O=S(=O)(O)c1cc(O)ccc1O.[Ca+2].[H-].[H-].[H-].[H-].[Mg+2]. The van der Waals surface area contributed by atoms with Crippen LogP contribution in [-0.4, -0.2) is 84.0 Å².